The Morgan fingerprint density at radius 3 is 1.61 bits per heavy atom. The summed E-state index contributed by atoms with van der Waals surface area (Å²) >= 11 is 0. The van der Waals surface area contributed by atoms with Crippen LogP contribution < -0.4 is 0 Å². The molecule has 1 aliphatic carbocycles. The zero-order valence-corrected chi connectivity index (χ0v) is 10.1. The van der Waals surface area contributed by atoms with E-state index in [0.29, 0.717) is 5.92 Å². The zero-order chi connectivity index (χ0) is 12.4. The van der Waals surface area contributed by atoms with Gasteiger partial charge in [0.25, 0.3) is 0 Å². The lowest BCUT2D eigenvalue weighted by Crippen LogP contribution is -1.82. The molecular weight excluding hydrogens is 216 g/mol. The summed E-state index contributed by atoms with van der Waals surface area (Å²) in [5.74, 6) is 3.23. The van der Waals surface area contributed by atoms with Crippen LogP contribution in [0, 0.1) is 18.3 Å². The van der Waals surface area contributed by atoms with Gasteiger partial charge in [-0.05, 0) is 22.3 Å². The van der Waals surface area contributed by atoms with Gasteiger partial charge in [0.05, 0.1) is 0 Å². The molecule has 0 amide bonds. The molecule has 2 aromatic rings. The molecule has 0 bridgehead atoms. The van der Waals surface area contributed by atoms with Crippen LogP contribution in [0.25, 0.3) is 11.1 Å². The largest absolute Gasteiger partial charge is 0.120 e. The van der Waals surface area contributed by atoms with E-state index in [1.807, 2.05) is 12.1 Å². The summed E-state index contributed by atoms with van der Waals surface area (Å²) in [5.41, 5.74) is 5.44. The van der Waals surface area contributed by atoms with E-state index in [-0.39, 0.29) is 0 Å². The van der Waals surface area contributed by atoms with Gasteiger partial charge in [-0.2, -0.15) is 0 Å². The van der Waals surface area contributed by atoms with Gasteiger partial charge in [-0.3, -0.25) is 0 Å². The second-order valence-corrected chi connectivity index (χ2v) is 4.52. The molecule has 0 nitrogen and oxygen atoms in total. The Morgan fingerprint density at radius 1 is 0.778 bits per heavy atom. The minimum absolute atomic E-state index is 0.444. The fraction of sp³-hybridized carbons (Fsp3) is 0.111. The predicted molar refractivity (Wildman–Crippen MR) is 76.6 cm³/mol. The molecular formula is C18H14. The molecule has 0 unspecified atom stereocenters. The van der Waals surface area contributed by atoms with Crippen molar-refractivity contribution in [3.63, 3.8) is 0 Å². The number of hydrogen-bond donors (Lipinski definition) is 0. The maximum atomic E-state index is 5.47. The molecule has 18 heavy (non-hydrogen) atoms. The quantitative estimate of drug-likeness (QED) is 0.691. The third-order valence-corrected chi connectivity index (χ3v) is 3.40. The Kier molecular flexibility index (Phi) is 2.74. The average molecular weight is 230 g/mol. The van der Waals surface area contributed by atoms with Crippen molar-refractivity contribution in [2.75, 3.05) is 0 Å². The molecule has 0 aromatic heterocycles. The molecule has 0 saturated carbocycles. The molecule has 2 aromatic carbocycles. The highest BCUT2D eigenvalue weighted by molar-refractivity contribution is 6.10. The zero-order valence-electron chi connectivity index (χ0n) is 10.1. The summed E-state index contributed by atoms with van der Waals surface area (Å²) in [6.45, 7) is 0. The fourth-order valence-electron chi connectivity index (χ4n) is 2.54. The van der Waals surface area contributed by atoms with Crippen LogP contribution in [0.5, 0.6) is 0 Å². The van der Waals surface area contributed by atoms with Gasteiger partial charge in [0.15, 0.2) is 0 Å². The van der Waals surface area contributed by atoms with Gasteiger partial charge in [0, 0.05) is 12.3 Å². The molecule has 0 heteroatoms. The molecule has 0 saturated heterocycles. The molecule has 0 radical (unpaired) electrons. The number of benzene rings is 2. The van der Waals surface area contributed by atoms with Gasteiger partial charge < -0.3 is 0 Å². The lowest BCUT2D eigenvalue weighted by molar-refractivity contribution is 0.992. The van der Waals surface area contributed by atoms with E-state index in [4.69, 9.17) is 6.42 Å². The summed E-state index contributed by atoms with van der Waals surface area (Å²) in [4.78, 5) is 0. The van der Waals surface area contributed by atoms with Crippen LogP contribution >= 0.6 is 0 Å². The topological polar surface area (TPSA) is 0 Å². The van der Waals surface area contributed by atoms with Crippen molar-refractivity contribution < 1.29 is 0 Å². The lowest BCUT2D eigenvalue weighted by atomic mass is 10.1. The molecule has 1 aliphatic rings. The van der Waals surface area contributed by atoms with E-state index < -0.39 is 0 Å². The van der Waals surface area contributed by atoms with Crippen LogP contribution in [-0.4, -0.2) is 0 Å². The van der Waals surface area contributed by atoms with Gasteiger partial charge in [-0.15, -0.1) is 12.3 Å². The first-order valence-electron chi connectivity index (χ1n) is 6.20. The first-order valence-corrected chi connectivity index (χ1v) is 6.20. The SMILES string of the molecule is C#CCC1C(c2ccccc2)=C1c1ccccc1. The lowest BCUT2D eigenvalue weighted by Gasteiger charge is -1.96. The minimum Gasteiger partial charge on any atom is -0.120 e. The van der Waals surface area contributed by atoms with Crippen molar-refractivity contribution in [3.05, 3.63) is 71.8 Å². The highest BCUT2D eigenvalue weighted by Crippen LogP contribution is 2.54. The van der Waals surface area contributed by atoms with Gasteiger partial charge >= 0.3 is 0 Å². The predicted octanol–water partition coefficient (Wildman–Crippen LogP) is 4.25. The second-order valence-electron chi connectivity index (χ2n) is 4.52. The molecule has 0 aliphatic heterocycles. The van der Waals surface area contributed by atoms with E-state index >= 15 is 0 Å². The van der Waals surface area contributed by atoms with Crippen molar-refractivity contribution in [2.45, 2.75) is 6.42 Å². The number of terminal acetylenes is 1. The Balaban J connectivity index is 2.00. The Bertz CT molecular complexity index is 563. The molecule has 3 rings (SSSR count). The third kappa shape index (κ3) is 1.85. The normalized spacial score (nSPS) is 14.4. The fourth-order valence-corrected chi connectivity index (χ4v) is 2.54. The standard InChI is InChI=1S/C18H14/c1-2-9-16-17(14-10-5-3-6-11-14)18(16)15-12-7-4-8-13-15/h1,3-8,10-13,16H,9H2. The van der Waals surface area contributed by atoms with Crippen LogP contribution in [0.1, 0.15) is 17.5 Å². The first kappa shape index (κ1) is 10.9. The molecule has 0 atom stereocenters. The van der Waals surface area contributed by atoms with Gasteiger partial charge in [-0.1, -0.05) is 60.7 Å². The van der Waals surface area contributed by atoms with Crippen molar-refractivity contribution in [2.24, 2.45) is 5.92 Å². The summed E-state index contributed by atoms with van der Waals surface area (Å²) < 4.78 is 0. The second kappa shape index (κ2) is 4.55. The summed E-state index contributed by atoms with van der Waals surface area (Å²) in [6.07, 6.45) is 6.27. The first-order chi connectivity index (χ1) is 8.92. The Hall–Kier alpha value is -2.26. The van der Waals surface area contributed by atoms with E-state index in [1.54, 1.807) is 0 Å². The molecule has 0 spiro atoms. The average Bonchev–Trinajstić information content (AvgIpc) is 3.15. The maximum absolute atomic E-state index is 5.47. The van der Waals surface area contributed by atoms with Crippen molar-refractivity contribution in [1.29, 1.82) is 0 Å². The van der Waals surface area contributed by atoms with E-state index in [2.05, 4.69) is 54.5 Å². The molecule has 86 valence electrons. The highest BCUT2D eigenvalue weighted by Gasteiger charge is 2.37. The summed E-state index contributed by atoms with van der Waals surface area (Å²) in [5, 5.41) is 0. The minimum atomic E-state index is 0.444. The highest BCUT2D eigenvalue weighted by atomic mass is 14.4. The van der Waals surface area contributed by atoms with Gasteiger partial charge in [-0.25, -0.2) is 0 Å². The van der Waals surface area contributed by atoms with Crippen LogP contribution in [0.4, 0.5) is 0 Å². The number of hydrogen-bond acceptors (Lipinski definition) is 0. The van der Waals surface area contributed by atoms with Crippen molar-refractivity contribution in [1.82, 2.24) is 0 Å². The Morgan fingerprint density at radius 2 is 1.22 bits per heavy atom. The molecule has 0 heterocycles. The number of allylic oxidation sites excluding steroid dienone is 2. The maximum Gasteiger partial charge on any atom is 0.0217 e. The van der Waals surface area contributed by atoms with Gasteiger partial charge in [0.1, 0.15) is 0 Å². The van der Waals surface area contributed by atoms with Crippen molar-refractivity contribution >= 4 is 11.1 Å². The molecule has 0 N–H and O–H groups in total. The van der Waals surface area contributed by atoms with Crippen LogP contribution in [-0.2, 0) is 0 Å². The monoisotopic (exact) mass is 230 g/mol. The van der Waals surface area contributed by atoms with Crippen molar-refractivity contribution in [3.8, 4) is 12.3 Å². The van der Waals surface area contributed by atoms with Crippen LogP contribution in [0.15, 0.2) is 60.7 Å². The summed E-state index contributed by atoms with van der Waals surface area (Å²) in [6, 6.07) is 21.1. The summed E-state index contributed by atoms with van der Waals surface area (Å²) in [7, 11) is 0. The van der Waals surface area contributed by atoms with Crippen LogP contribution in [0.2, 0.25) is 0 Å². The van der Waals surface area contributed by atoms with Gasteiger partial charge in [0.2, 0.25) is 0 Å². The Labute approximate surface area is 108 Å². The number of rotatable bonds is 3. The third-order valence-electron chi connectivity index (χ3n) is 3.40. The van der Waals surface area contributed by atoms with E-state index in [9.17, 15) is 0 Å². The van der Waals surface area contributed by atoms with E-state index in [1.165, 1.54) is 22.3 Å². The smallest absolute Gasteiger partial charge is 0.0217 e. The van der Waals surface area contributed by atoms with E-state index in [0.717, 1.165) is 6.42 Å². The molecule has 0 fully saturated rings. The van der Waals surface area contributed by atoms with Crippen LogP contribution in [0.3, 0.4) is 0 Å².